The summed E-state index contributed by atoms with van der Waals surface area (Å²) in [5.74, 6) is 1.20. The molecule has 2 heteroatoms. The van der Waals surface area contributed by atoms with Crippen molar-refractivity contribution in [3.63, 3.8) is 0 Å². The first kappa shape index (κ1) is 24.9. The van der Waals surface area contributed by atoms with Crippen LogP contribution in [0, 0.1) is 32.6 Å². The average molecular weight is 503 g/mol. The second-order valence-corrected chi connectivity index (χ2v) is 12.6. The highest BCUT2D eigenvalue weighted by Gasteiger charge is 2.44. The minimum absolute atomic E-state index is 0.0279. The Morgan fingerprint density at radius 3 is 2.16 bits per heavy atom. The number of hydrogen-bond acceptors (Lipinski definition) is 1. The lowest BCUT2D eigenvalue weighted by Gasteiger charge is -2.35. The molecule has 38 heavy (non-hydrogen) atoms. The summed E-state index contributed by atoms with van der Waals surface area (Å²) in [6.45, 7) is 16.0. The van der Waals surface area contributed by atoms with Crippen LogP contribution in [0.25, 0.3) is 44.3 Å². The molecule has 0 spiro atoms. The zero-order valence-corrected chi connectivity index (χ0v) is 24.2. The molecule has 0 saturated heterocycles. The number of fused-ring (bicyclic) bond motifs is 6. The van der Waals surface area contributed by atoms with E-state index < -0.39 is 0 Å². The normalized spacial score (nSPS) is 14.2. The number of furan rings is 1. The maximum atomic E-state index is 6.80. The predicted molar refractivity (Wildman–Crippen MR) is 160 cm³/mol. The third kappa shape index (κ3) is 3.64. The Balaban J connectivity index is 1.68. The Labute approximate surface area is 227 Å². The topological polar surface area (TPSA) is 17.0 Å². The molecule has 1 aliphatic carbocycles. The van der Waals surface area contributed by atoms with Gasteiger partial charge in [-0.3, -0.25) is 0 Å². The second kappa shape index (κ2) is 8.83. The van der Waals surface area contributed by atoms with Crippen LogP contribution in [-0.4, -0.2) is 0 Å². The molecule has 0 N–H and O–H groups in total. The maximum Gasteiger partial charge on any atom is 0.216 e. The monoisotopic (exact) mass is 502 g/mol. The zero-order valence-electron chi connectivity index (χ0n) is 24.2. The van der Waals surface area contributed by atoms with Crippen molar-refractivity contribution in [1.29, 1.82) is 0 Å². The summed E-state index contributed by atoms with van der Waals surface area (Å²) >= 11 is 0. The SMILES string of the molecule is Cc1cc(-c2c(C)ccc3c2oc2cc4c(cc23)C(CC(C)C)(CC(C)C)c2ccccc2-4)[n+](C)cc1C. The highest BCUT2D eigenvalue weighted by Crippen LogP contribution is 2.56. The van der Waals surface area contributed by atoms with E-state index in [1.54, 1.807) is 0 Å². The third-order valence-corrected chi connectivity index (χ3v) is 8.75. The summed E-state index contributed by atoms with van der Waals surface area (Å²) in [6.07, 6.45) is 4.53. The number of nitrogens with zero attached hydrogens (tertiary/aromatic N) is 1. The van der Waals surface area contributed by atoms with Gasteiger partial charge in [-0.1, -0.05) is 64.1 Å². The fraction of sp³-hybridized carbons (Fsp3) is 0.361. The van der Waals surface area contributed by atoms with Gasteiger partial charge >= 0.3 is 0 Å². The van der Waals surface area contributed by atoms with Gasteiger partial charge in [-0.25, -0.2) is 4.57 Å². The van der Waals surface area contributed by atoms with Gasteiger partial charge in [0.2, 0.25) is 5.69 Å². The molecule has 5 aromatic rings. The highest BCUT2D eigenvalue weighted by atomic mass is 16.3. The van der Waals surface area contributed by atoms with E-state index in [9.17, 15) is 0 Å². The van der Waals surface area contributed by atoms with Crippen LogP contribution in [0.5, 0.6) is 0 Å². The minimum Gasteiger partial charge on any atom is -0.455 e. The van der Waals surface area contributed by atoms with Crippen molar-refractivity contribution in [2.24, 2.45) is 18.9 Å². The molecule has 3 aromatic carbocycles. The van der Waals surface area contributed by atoms with Crippen molar-refractivity contribution in [3.8, 4) is 22.4 Å². The molecule has 2 aromatic heterocycles. The summed E-state index contributed by atoms with van der Waals surface area (Å²) < 4.78 is 9.04. The first-order chi connectivity index (χ1) is 18.1. The van der Waals surface area contributed by atoms with Gasteiger partial charge in [-0.15, -0.1) is 0 Å². The van der Waals surface area contributed by atoms with Crippen LogP contribution >= 0.6 is 0 Å². The standard InChI is InChI=1S/C36H40NO/c1-21(2)18-36(19-22(3)4)30-12-10-9-11-26(30)28-17-33-29(16-31(28)36)27-14-13-23(5)34(35(27)38-33)32-15-24(6)25(7)20-37(32)8/h9-17,20-22H,18-19H2,1-8H3/q+1. The maximum absolute atomic E-state index is 6.80. The molecule has 2 heterocycles. The molecule has 0 radical (unpaired) electrons. The highest BCUT2D eigenvalue weighted by molar-refractivity contribution is 6.11. The van der Waals surface area contributed by atoms with Crippen LogP contribution in [0.3, 0.4) is 0 Å². The molecule has 194 valence electrons. The van der Waals surface area contributed by atoms with Crippen LogP contribution in [-0.2, 0) is 12.5 Å². The van der Waals surface area contributed by atoms with Crippen LogP contribution in [0.1, 0.15) is 68.4 Å². The average Bonchev–Trinajstić information content (AvgIpc) is 3.33. The molecule has 0 fully saturated rings. The van der Waals surface area contributed by atoms with E-state index in [1.165, 1.54) is 61.0 Å². The smallest absolute Gasteiger partial charge is 0.216 e. The first-order valence-electron chi connectivity index (χ1n) is 14.2. The van der Waals surface area contributed by atoms with E-state index in [0.29, 0.717) is 11.8 Å². The molecule has 0 amide bonds. The summed E-state index contributed by atoms with van der Waals surface area (Å²) in [5, 5.41) is 2.44. The van der Waals surface area contributed by atoms with Gasteiger partial charge in [0.25, 0.3) is 0 Å². The fourth-order valence-corrected chi connectivity index (χ4v) is 7.25. The first-order valence-corrected chi connectivity index (χ1v) is 14.2. The lowest BCUT2D eigenvalue weighted by atomic mass is 9.68. The predicted octanol–water partition coefficient (Wildman–Crippen LogP) is 9.36. The lowest BCUT2D eigenvalue weighted by molar-refractivity contribution is -0.660. The Bertz CT molecular complexity index is 1710. The second-order valence-electron chi connectivity index (χ2n) is 12.6. The number of aromatic nitrogens is 1. The van der Waals surface area contributed by atoms with E-state index in [4.69, 9.17) is 4.42 Å². The van der Waals surface area contributed by atoms with Crippen molar-refractivity contribution in [3.05, 3.63) is 88.6 Å². The van der Waals surface area contributed by atoms with Crippen molar-refractivity contribution in [2.45, 2.75) is 66.7 Å². The molecule has 1 aliphatic rings. The summed E-state index contributed by atoms with van der Waals surface area (Å²) in [5.41, 5.74) is 13.9. The quantitative estimate of drug-likeness (QED) is 0.219. The van der Waals surface area contributed by atoms with Crippen molar-refractivity contribution in [1.82, 2.24) is 0 Å². The van der Waals surface area contributed by atoms with Gasteiger partial charge in [0, 0.05) is 27.8 Å². The molecular formula is C36H40NO+. The zero-order chi connectivity index (χ0) is 26.9. The molecule has 6 rings (SSSR count). The molecule has 0 unspecified atom stereocenters. The lowest BCUT2D eigenvalue weighted by Crippen LogP contribution is -2.31. The van der Waals surface area contributed by atoms with E-state index in [1.807, 2.05) is 0 Å². The molecule has 0 aliphatic heterocycles. The Morgan fingerprint density at radius 2 is 1.45 bits per heavy atom. The van der Waals surface area contributed by atoms with Crippen LogP contribution in [0.15, 0.2) is 65.2 Å². The van der Waals surface area contributed by atoms with Crippen molar-refractivity contribution < 1.29 is 8.98 Å². The van der Waals surface area contributed by atoms with Gasteiger partial charge in [0.1, 0.15) is 18.2 Å². The largest absolute Gasteiger partial charge is 0.455 e. The van der Waals surface area contributed by atoms with E-state index in [0.717, 1.165) is 24.0 Å². The number of pyridine rings is 1. The number of aryl methyl sites for hydroxylation is 4. The molecule has 0 bridgehead atoms. The summed E-state index contributed by atoms with van der Waals surface area (Å²) in [7, 11) is 2.14. The van der Waals surface area contributed by atoms with Crippen molar-refractivity contribution >= 4 is 21.9 Å². The van der Waals surface area contributed by atoms with E-state index in [2.05, 4.69) is 121 Å². The molecular weight excluding hydrogens is 462 g/mol. The molecule has 2 nitrogen and oxygen atoms in total. The number of hydrogen-bond donors (Lipinski definition) is 0. The van der Waals surface area contributed by atoms with Gasteiger partial charge in [0.15, 0.2) is 6.20 Å². The number of benzene rings is 3. The Hall–Kier alpha value is -3.39. The van der Waals surface area contributed by atoms with E-state index in [-0.39, 0.29) is 5.41 Å². The third-order valence-electron chi connectivity index (χ3n) is 8.75. The molecule has 0 saturated carbocycles. The van der Waals surface area contributed by atoms with Gasteiger partial charge < -0.3 is 4.42 Å². The Morgan fingerprint density at radius 1 is 0.737 bits per heavy atom. The molecule has 0 atom stereocenters. The Kier molecular flexibility index (Phi) is 5.79. The van der Waals surface area contributed by atoms with Crippen molar-refractivity contribution in [2.75, 3.05) is 0 Å². The minimum atomic E-state index is 0.0279. The number of rotatable bonds is 5. The summed E-state index contributed by atoms with van der Waals surface area (Å²) in [4.78, 5) is 0. The van der Waals surface area contributed by atoms with Crippen LogP contribution < -0.4 is 4.57 Å². The fourth-order valence-electron chi connectivity index (χ4n) is 7.25. The summed E-state index contributed by atoms with van der Waals surface area (Å²) in [6, 6.07) is 20.8. The van der Waals surface area contributed by atoms with Gasteiger partial charge in [-0.2, -0.15) is 0 Å². The van der Waals surface area contributed by atoms with Gasteiger partial charge in [-0.05, 0) is 91.0 Å². The van der Waals surface area contributed by atoms with E-state index >= 15 is 0 Å². The van der Waals surface area contributed by atoms with Gasteiger partial charge in [0.05, 0.1) is 5.56 Å². The van der Waals surface area contributed by atoms with Crippen LogP contribution in [0.2, 0.25) is 0 Å². The van der Waals surface area contributed by atoms with Crippen LogP contribution in [0.4, 0.5) is 0 Å².